The van der Waals surface area contributed by atoms with E-state index in [2.05, 4.69) is 20.0 Å². The fraction of sp³-hybridized carbons (Fsp3) is 0.0588. The number of hydrogen-bond acceptors (Lipinski definition) is 4. The first-order chi connectivity index (χ1) is 11.9. The second-order valence-corrected chi connectivity index (χ2v) is 5.36. The molecule has 0 fully saturated rings. The highest BCUT2D eigenvalue weighted by Crippen LogP contribution is 2.35. The summed E-state index contributed by atoms with van der Waals surface area (Å²) in [7, 11) is 0. The Morgan fingerprint density at radius 2 is 1.76 bits per heavy atom. The van der Waals surface area contributed by atoms with E-state index in [0.717, 1.165) is 5.56 Å². The lowest BCUT2D eigenvalue weighted by molar-refractivity contribution is -0.274. The molecule has 1 N–H and O–H groups in total. The minimum atomic E-state index is -4.72. The highest BCUT2D eigenvalue weighted by molar-refractivity contribution is 6.34. The Labute approximate surface area is 146 Å². The smallest absolute Gasteiger partial charge is 0.406 e. The summed E-state index contributed by atoms with van der Waals surface area (Å²) >= 11 is 6.27. The maximum Gasteiger partial charge on any atom is 0.573 e. The quantitative estimate of drug-likeness (QED) is 0.668. The molecule has 0 saturated heterocycles. The molecule has 0 aliphatic heterocycles. The van der Waals surface area contributed by atoms with Crippen molar-refractivity contribution in [2.24, 2.45) is 0 Å². The molecule has 0 aliphatic rings. The highest BCUT2D eigenvalue weighted by atomic mass is 35.5. The Morgan fingerprint density at radius 1 is 1.00 bits per heavy atom. The molecule has 0 aliphatic carbocycles. The van der Waals surface area contributed by atoms with Crippen molar-refractivity contribution in [2.75, 3.05) is 5.32 Å². The molecule has 0 saturated carbocycles. The zero-order valence-electron chi connectivity index (χ0n) is 12.6. The summed E-state index contributed by atoms with van der Waals surface area (Å²) in [5, 5.41) is 3.55. The molecular formula is C17H11ClF3N3O. The molecule has 0 unspecified atom stereocenters. The predicted octanol–water partition coefficient (Wildman–Crippen LogP) is 5.44. The molecule has 3 aromatic rings. The molecule has 0 bridgehead atoms. The second-order valence-electron chi connectivity index (χ2n) is 4.95. The lowest BCUT2D eigenvalue weighted by Crippen LogP contribution is -2.16. The summed E-state index contributed by atoms with van der Waals surface area (Å²) in [4.78, 5) is 8.07. The topological polar surface area (TPSA) is 47.0 Å². The van der Waals surface area contributed by atoms with Crippen LogP contribution in [0.2, 0.25) is 5.02 Å². The molecule has 128 valence electrons. The van der Waals surface area contributed by atoms with E-state index >= 15 is 0 Å². The van der Waals surface area contributed by atoms with Crippen LogP contribution >= 0.6 is 11.6 Å². The van der Waals surface area contributed by atoms with E-state index in [-0.39, 0.29) is 5.75 Å². The van der Waals surface area contributed by atoms with Gasteiger partial charge < -0.3 is 10.1 Å². The van der Waals surface area contributed by atoms with E-state index in [1.54, 1.807) is 24.4 Å². The zero-order valence-corrected chi connectivity index (χ0v) is 13.3. The van der Waals surface area contributed by atoms with Crippen molar-refractivity contribution in [2.45, 2.75) is 6.36 Å². The van der Waals surface area contributed by atoms with Crippen LogP contribution < -0.4 is 10.1 Å². The maximum atomic E-state index is 12.2. The Balaban J connectivity index is 1.88. The number of rotatable bonds is 4. The van der Waals surface area contributed by atoms with Gasteiger partial charge in [0.25, 0.3) is 0 Å². The van der Waals surface area contributed by atoms with E-state index < -0.39 is 6.36 Å². The fourth-order valence-corrected chi connectivity index (χ4v) is 2.42. The van der Waals surface area contributed by atoms with Gasteiger partial charge in [-0.05, 0) is 36.4 Å². The average Bonchev–Trinajstić information content (AvgIpc) is 2.58. The van der Waals surface area contributed by atoms with Crippen LogP contribution in [0.5, 0.6) is 5.75 Å². The van der Waals surface area contributed by atoms with Gasteiger partial charge in [-0.25, -0.2) is 9.97 Å². The van der Waals surface area contributed by atoms with Crippen molar-refractivity contribution in [1.82, 2.24) is 9.97 Å². The van der Waals surface area contributed by atoms with Gasteiger partial charge in [-0.3, -0.25) is 0 Å². The minimum Gasteiger partial charge on any atom is -0.406 e. The number of ether oxygens (including phenoxy) is 1. The van der Waals surface area contributed by atoms with E-state index in [4.69, 9.17) is 11.6 Å². The predicted molar refractivity (Wildman–Crippen MR) is 88.9 cm³/mol. The molecule has 25 heavy (non-hydrogen) atoms. The van der Waals surface area contributed by atoms with Crippen molar-refractivity contribution in [3.63, 3.8) is 0 Å². The Bertz CT molecular complexity index is 855. The second kappa shape index (κ2) is 6.98. The third-order valence-corrected chi connectivity index (χ3v) is 3.54. The number of nitrogens with one attached hydrogen (secondary N) is 1. The van der Waals surface area contributed by atoms with Crippen molar-refractivity contribution < 1.29 is 17.9 Å². The standard InChI is InChI=1S/C17H11ClF3N3O/c18-14-3-1-2-13(15-8-9-22-10-23-15)16(14)24-11-4-6-12(7-5-11)25-17(19,20)21/h1-10,24H. The van der Waals surface area contributed by atoms with Gasteiger partial charge in [-0.15, -0.1) is 13.2 Å². The van der Waals surface area contributed by atoms with Crippen LogP contribution in [0.1, 0.15) is 0 Å². The van der Waals surface area contributed by atoms with Gasteiger partial charge in [-0.1, -0.05) is 23.7 Å². The van der Waals surface area contributed by atoms with Crippen molar-refractivity contribution in [3.8, 4) is 17.0 Å². The van der Waals surface area contributed by atoms with E-state index in [1.807, 2.05) is 6.07 Å². The number of hydrogen-bond donors (Lipinski definition) is 1. The molecule has 8 heteroatoms. The zero-order chi connectivity index (χ0) is 17.9. The van der Waals surface area contributed by atoms with Gasteiger partial charge in [0.05, 0.1) is 16.4 Å². The molecule has 1 heterocycles. The molecule has 0 radical (unpaired) electrons. The van der Waals surface area contributed by atoms with Gasteiger partial charge >= 0.3 is 6.36 Å². The molecule has 3 rings (SSSR count). The molecule has 2 aromatic carbocycles. The third-order valence-electron chi connectivity index (χ3n) is 3.23. The average molecular weight is 366 g/mol. The molecule has 4 nitrogen and oxygen atoms in total. The summed E-state index contributed by atoms with van der Waals surface area (Å²) in [5.74, 6) is -0.298. The summed E-state index contributed by atoms with van der Waals surface area (Å²) in [6.45, 7) is 0. The number of halogens is 4. The fourth-order valence-electron chi connectivity index (χ4n) is 2.20. The first-order valence-electron chi connectivity index (χ1n) is 7.10. The van der Waals surface area contributed by atoms with Crippen molar-refractivity contribution in [3.05, 3.63) is 66.1 Å². The van der Waals surface area contributed by atoms with Crippen LogP contribution in [0.15, 0.2) is 61.1 Å². The van der Waals surface area contributed by atoms with Gasteiger partial charge in [0.2, 0.25) is 0 Å². The molecular weight excluding hydrogens is 355 g/mol. The van der Waals surface area contributed by atoms with Crippen LogP contribution in [0.3, 0.4) is 0 Å². The Kier molecular flexibility index (Phi) is 4.76. The Morgan fingerprint density at radius 3 is 2.40 bits per heavy atom. The largest absolute Gasteiger partial charge is 0.573 e. The number of aromatic nitrogens is 2. The Hall–Kier alpha value is -2.80. The van der Waals surface area contributed by atoms with Crippen molar-refractivity contribution >= 4 is 23.0 Å². The first-order valence-corrected chi connectivity index (χ1v) is 7.48. The lowest BCUT2D eigenvalue weighted by Gasteiger charge is -2.14. The normalized spacial score (nSPS) is 11.2. The molecule has 0 spiro atoms. The van der Waals surface area contributed by atoms with Crippen LogP contribution in [0.25, 0.3) is 11.3 Å². The van der Waals surface area contributed by atoms with Gasteiger partial charge in [0, 0.05) is 17.4 Å². The molecule has 0 amide bonds. The molecule has 0 atom stereocenters. The van der Waals surface area contributed by atoms with Crippen LogP contribution in [0, 0.1) is 0 Å². The minimum absolute atomic E-state index is 0.298. The van der Waals surface area contributed by atoms with E-state index in [1.165, 1.54) is 30.6 Å². The van der Waals surface area contributed by atoms with Crippen LogP contribution in [-0.4, -0.2) is 16.3 Å². The number of alkyl halides is 3. The third kappa shape index (κ3) is 4.39. The highest BCUT2D eigenvalue weighted by Gasteiger charge is 2.30. The monoisotopic (exact) mass is 365 g/mol. The van der Waals surface area contributed by atoms with E-state index in [9.17, 15) is 13.2 Å². The maximum absolute atomic E-state index is 12.2. The van der Waals surface area contributed by atoms with Crippen LogP contribution in [-0.2, 0) is 0 Å². The number of para-hydroxylation sites is 1. The summed E-state index contributed by atoms with van der Waals surface area (Å²) in [6, 6.07) is 12.4. The lowest BCUT2D eigenvalue weighted by atomic mass is 10.1. The number of anilines is 2. The van der Waals surface area contributed by atoms with Gasteiger partial charge in [0.15, 0.2) is 0 Å². The number of benzene rings is 2. The number of nitrogens with zero attached hydrogens (tertiary/aromatic N) is 2. The van der Waals surface area contributed by atoms with Gasteiger partial charge in [0.1, 0.15) is 12.1 Å². The molecule has 1 aromatic heterocycles. The van der Waals surface area contributed by atoms with Crippen LogP contribution in [0.4, 0.5) is 24.5 Å². The van der Waals surface area contributed by atoms with Crippen molar-refractivity contribution in [1.29, 1.82) is 0 Å². The first kappa shape index (κ1) is 17.0. The van der Waals surface area contributed by atoms with Gasteiger partial charge in [-0.2, -0.15) is 0 Å². The summed E-state index contributed by atoms with van der Waals surface area (Å²) in [6.07, 6.45) is -1.70. The summed E-state index contributed by atoms with van der Waals surface area (Å²) in [5.41, 5.74) is 2.55. The SMILES string of the molecule is FC(F)(F)Oc1ccc(Nc2c(Cl)cccc2-c2ccncn2)cc1. The summed E-state index contributed by atoms with van der Waals surface area (Å²) < 4.78 is 40.5. The van der Waals surface area contributed by atoms with E-state index in [0.29, 0.717) is 22.1 Å².